The highest BCUT2D eigenvalue weighted by Gasteiger charge is 2.46. The Hall–Kier alpha value is -1.35. The van der Waals surface area contributed by atoms with Gasteiger partial charge in [0.2, 0.25) is 0 Å². The van der Waals surface area contributed by atoms with Crippen molar-refractivity contribution in [2.45, 2.75) is 52.1 Å². The zero-order valence-corrected chi connectivity index (χ0v) is 12.2. The summed E-state index contributed by atoms with van der Waals surface area (Å²) in [5.74, 6) is 0.487. The molecule has 0 heterocycles. The molecule has 0 radical (unpaired) electrons. The fourth-order valence-corrected chi connectivity index (χ4v) is 2.47. The van der Waals surface area contributed by atoms with Gasteiger partial charge in [-0.1, -0.05) is 39.8 Å². The molecule has 19 heavy (non-hydrogen) atoms. The molecule has 3 nitrogen and oxygen atoms in total. The summed E-state index contributed by atoms with van der Waals surface area (Å²) >= 11 is 0. The zero-order valence-electron chi connectivity index (χ0n) is 12.2. The van der Waals surface area contributed by atoms with Gasteiger partial charge in [-0.05, 0) is 30.0 Å². The Morgan fingerprint density at radius 3 is 2.32 bits per heavy atom. The lowest BCUT2D eigenvalue weighted by molar-refractivity contribution is 0.0586. The van der Waals surface area contributed by atoms with E-state index < -0.39 is 0 Å². The average molecular weight is 260 g/mol. The Bertz CT molecular complexity index is 462. The quantitative estimate of drug-likeness (QED) is 0.878. The average Bonchev–Trinajstić information content (AvgIpc) is 2.38. The molecule has 2 unspecified atom stereocenters. The second-order valence-electron chi connectivity index (χ2n) is 6.47. The first kappa shape index (κ1) is 14.1. The number of carbonyl (C=O) groups excluding carboxylic acids is 1. The van der Waals surface area contributed by atoms with E-state index in [9.17, 15) is 4.79 Å². The van der Waals surface area contributed by atoms with Gasteiger partial charge < -0.3 is 11.1 Å². The first-order chi connectivity index (χ1) is 8.82. The highest BCUT2D eigenvalue weighted by Crippen LogP contribution is 2.39. The van der Waals surface area contributed by atoms with Crippen LogP contribution in [0.5, 0.6) is 0 Å². The summed E-state index contributed by atoms with van der Waals surface area (Å²) in [6, 6.07) is 8.21. The normalized spacial score (nSPS) is 24.9. The highest BCUT2D eigenvalue weighted by molar-refractivity contribution is 5.94. The number of hydrogen-bond acceptors (Lipinski definition) is 2. The maximum atomic E-state index is 12.2. The fourth-order valence-electron chi connectivity index (χ4n) is 2.47. The highest BCUT2D eigenvalue weighted by atomic mass is 16.1. The minimum absolute atomic E-state index is 0.000260. The number of benzene rings is 1. The van der Waals surface area contributed by atoms with E-state index >= 15 is 0 Å². The Balaban J connectivity index is 2.01. The third kappa shape index (κ3) is 2.66. The molecule has 0 spiro atoms. The van der Waals surface area contributed by atoms with Crippen molar-refractivity contribution in [2.75, 3.05) is 0 Å². The van der Waals surface area contributed by atoms with Crippen LogP contribution in [0.2, 0.25) is 0 Å². The van der Waals surface area contributed by atoms with E-state index in [2.05, 4.69) is 33.0 Å². The predicted molar refractivity (Wildman–Crippen MR) is 78.2 cm³/mol. The van der Waals surface area contributed by atoms with Crippen molar-refractivity contribution in [3.63, 3.8) is 0 Å². The van der Waals surface area contributed by atoms with Gasteiger partial charge in [0.15, 0.2) is 0 Å². The van der Waals surface area contributed by atoms with Gasteiger partial charge in [-0.3, -0.25) is 4.79 Å². The van der Waals surface area contributed by atoms with Crippen LogP contribution < -0.4 is 11.1 Å². The predicted octanol–water partition coefficient (Wildman–Crippen LogP) is 2.67. The van der Waals surface area contributed by atoms with Gasteiger partial charge in [-0.2, -0.15) is 0 Å². The second kappa shape index (κ2) is 4.97. The molecule has 1 fully saturated rings. The Morgan fingerprint density at radius 2 is 1.89 bits per heavy atom. The molecule has 0 bridgehead atoms. The summed E-state index contributed by atoms with van der Waals surface area (Å²) in [6.45, 7) is 8.50. The Morgan fingerprint density at radius 1 is 1.32 bits per heavy atom. The molecule has 0 saturated heterocycles. The maximum absolute atomic E-state index is 12.2. The summed E-state index contributed by atoms with van der Waals surface area (Å²) in [5.41, 5.74) is 7.93. The van der Waals surface area contributed by atoms with Crippen LogP contribution in [-0.2, 0) is 0 Å². The van der Waals surface area contributed by atoms with Gasteiger partial charge in [0.1, 0.15) is 0 Å². The van der Waals surface area contributed by atoms with Crippen LogP contribution in [0.1, 0.15) is 56.0 Å². The molecule has 3 N–H and O–H groups in total. The van der Waals surface area contributed by atoms with Crippen molar-refractivity contribution in [3.05, 3.63) is 35.4 Å². The topological polar surface area (TPSA) is 55.1 Å². The van der Waals surface area contributed by atoms with Crippen LogP contribution in [0, 0.1) is 5.41 Å². The molecule has 1 amide bonds. The minimum atomic E-state index is -0.00642. The minimum Gasteiger partial charge on any atom is -0.349 e. The lowest BCUT2D eigenvalue weighted by atomic mass is 9.63. The second-order valence-corrected chi connectivity index (χ2v) is 6.47. The van der Waals surface area contributed by atoms with Crippen LogP contribution in [0.3, 0.4) is 0 Å². The van der Waals surface area contributed by atoms with E-state index in [-0.39, 0.29) is 23.4 Å². The standard InChI is InChI=1S/C16H24N2O/c1-10(2)11-5-7-12(8-6-11)15(19)18-14-9-13(17)16(14,3)4/h5-8,10,13-14H,9,17H2,1-4H3,(H,18,19). The molecule has 1 aromatic carbocycles. The van der Waals surface area contributed by atoms with Gasteiger partial charge in [0.05, 0.1) is 0 Å². The summed E-state index contributed by atoms with van der Waals surface area (Å²) in [6.07, 6.45) is 0.864. The van der Waals surface area contributed by atoms with Crippen molar-refractivity contribution in [1.82, 2.24) is 5.32 Å². The van der Waals surface area contributed by atoms with E-state index in [1.165, 1.54) is 5.56 Å². The molecule has 0 aromatic heterocycles. The van der Waals surface area contributed by atoms with E-state index in [0.717, 1.165) is 12.0 Å². The van der Waals surface area contributed by atoms with Crippen LogP contribution in [0.25, 0.3) is 0 Å². The van der Waals surface area contributed by atoms with Gasteiger partial charge in [-0.15, -0.1) is 0 Å². The van der Waals surface area contributed by atoms with Crippen molar-refractivity contribution < 1.29 is 4.79 Å². The number of nitrogens with one attached hydrogen (secondary N) is 1. The SMILES string of the molecule is CC(C)c1ccc(C(=O)NC2CC(N)C2(C)C)cc1. The van der Waals surface area contributed by atoms with Crippen LogP contribution >= 0.6 is 0 Å². The first-order valence-corrected chi connectivity index (χ1v) is 6.98. The van der Waals surface area contributed by atoms with E-state index in [1.54, 1.807) is 0 Å². The number of carbonyl (C=O) groups is 1. The largest absolute Gasteiger partial charge is 0.349 e. The molecule has 1 aliphatic carbocycles. The lowest BCUT2D eigenvalue weighted by Gasteiger charge is -2.50. The molecule has 0 aliphatic heterocycles. The van der Waals surface area contributed by atoms with Gasteiger partial charge >= 0.3 is 0 Å². The first-order valence-electron chi connectivity index (χ1n) is 6.98. The van der Waals surface area contributed by atoms with Crippen LogP contribution in [0.4, 0.5) is 0 Å². The van der Waals surface area contributed by atoms with E-state index in [4.69, 9.17) is 5.73 Å². The van der Waals surface area contributed by atoms with E-state index in [0.29, 0.717) is 5.92 Å². The van der Waals surface area contributed by atoms with Gasteiger partial charge in [0, 0.05) is 23.1 Å². The molecule has 104 valence electrons. The van der Waals surface area contributed by atoms with Crippen molar-refractivity contribution in [3.8, 4) is 0 Å². The van der Waals surface area contributed by atoms with Gasteiger partial charge in [0.25, 0.3) is 5.91 Å². The molecular weight excluding hydrogens is 236 g/mol. The summed E-state index contributed by atoms with van der Waals surface area (Å²) < 4.78 is 0. The summed E-state index contributed by atoms with van der Waals surface area (Å²) in [5, 5.41) is 3.08. The Labute approximate surface area is 115 Å². The molecule has 1 aromatic rings. The number of rotatable bonds is 3. The van der Waals surface area contributed by atoms with E-state index in [1.807, 2.05) is 24.3 Å². The lowest BCUT2D eigenvalue weighted by Crippen LogP contribution is -2.64. The molecule has 3 heteroatoms. The monoisotopic (exact) mass is 260 g/mol. The fraction of sp³-hybridized carbons (Fsp3) is 0.562. The Kier molecular flexibility index (Phi) is 3.68. The third-order valence-corrected chi connectivity index (χ3v) is 4.49. The third-order valence-electron chi connectivity index (χ3n) is 4.49. The summed E-state index contributed by atoms with van der Waals surface area (Å²) in [7, 11) is 0. The van der Waals surface area contributed by atoms with Crippen molar-refractivity contribution >= 4 is 5.91 Å². The van der Waals surface area contributed by atoms with Crippen LogP contribution in [-0.4, -0.2) is 18.0 Å². The van der Waals surface area contributed by atoms with Crippen molar-refractivity contribution in [1.29, 1.82) is 0 Å². The molecule has 2 atom stereocenters. The number of nitrogens with two attached hydrogens (primary N) is 1. The van der Waals surface area contributed by atoms with Gasteiger partial charge in [-0.25, -0.2) is 0 Å². The van der Waals surface area contributed by atoms with Crippen molar-refractivity contribution in [2.24, 2.45) is 11.1 Å². The number of amides is 1. The van der Waals surface area contributed by atoms with Crippen LogP contribution in [0.15, 0.2) is 24.3 Å². The zero-order chi connectivity index (χ0) is 14.2. The number of hydrogen-bond donors (Lipinski definition) is 2. The molecule has 2 rings (SSSR count). The smallest absolute Gasteiger partial charge is 0.251 e. The summed E-state index contributed by atoms with van der Waals surface area (Å²) in [4.78, 5) is 12.2. The molecule has 1 saturated carbocycles. The molecular formula is C16H24N2O. The molecule has 1 aliphatic rings. The maximum Gasteiger partial charge on any atom is 0.251 e.